The molecule has 2 rings (SSSR count). The maximum Gasteiger partial charge on any atom is 0.109 e. The van der Waals surface area contributed by atoms with Gasteiger partial charge in [0.1, 0.15) is 6.10 Å². The minimum Gasteiger partial charge on any atom is -0.394 e. The first-order valence-corrected chi connectivity index (χ1v) is 5.23. The molecule has 2 N–H and O–H groups in total. The van der Waals surface area contributed by atoms with Gasteiger partial charge in [0, 0.05) is 5.92 Å². The summed E-state index contributed by atoms with van der Waals surface area (Å²) in [5.74, 6) is -0.0276. The van der Waals surface area contributed by atoms with Gasteiger partial charge in [-0.15, -0.1) is 0 Å². The van der Waals surface area contributed by atoms with E-state index < -0.39 is 6.10 Å². The summed E-state index contributed by atoms with van der Waals surface area (Å²) in [6.45, 7) is 1.86. The smallest absolute Gasteiger partial charge is 0.109 e. The van der Waals surface area contributed by atoms with Crippen LogP contribution in [0.4, 0.5) is 0 Å². The van der Waals surface area contributed by atoms with Crippen molar-refractivity contribution in [2.24, 2.45) is 5.92 Å². The molecule has 82 valence electrons. The van der Waals surface area contributed by atoms with Gasteiger partial charge in [0.25, 0.3) is 0 Å². The molecule has 0 spiro atoms. The van der Waals surface area contributed by atoms with Crippen molar-refractivity contribution in [3.05, 3.63) is 35.9 Å². The lowest BCUT2D eigenvalue weighted by atomic mass is 9.95. The largest absolute Gasteiger partial charge is 0.394 e. The Kier molecular flexibility index (Phi) is 3.05. The van der Waals surface area contributed by atoms with Gasteiger partial charge in [-0.3, -0.25) is 0 Å². The van der Waals surface area contributed by atoms with Gasteiger partial charge in [0.2, 0.25) is 0 Å². The second-order valence-corrected chi connectivity index (χ2v) is 4.04. The number of hydrogen-bond donors (Lipinski definition) is 2. The summed E-state index contributed by atoms with van der Waals surface area (Å²) in [4.78, 5) is 0. The number of benzene rings is 1. The number of rotatable bonds is 2. The zero-order valence-corrected chi connectivity index (χ0v) is 8.71. The van der Waals surface area contributed by atoms with Crippen LogP contribution < -0.4 is 0 Å². The monoisotopic (exact) mass is 208 g/mol. The van der Waals surface area contributed by atoms with Gasteiger partial charge >= 0.3 is 0 Å². The molecular formula is C12H16O3. The predicted octanol–water partition coefficient (Wildman–Crippen LogP) is 1.12. The van der Waals surface area contributed by atoms with E-state index in [1.165, 1.54) is 0 Å². The number of ether oxygens (including phenoxy) is 1. The number of aliphatic hydroxyl groups is 2. The molecule has 0 aromatic heterocycles. The average molecular weight is 208 g/mol. The molecule has 0 amide bonds. The Balaban J connectivity index is 2.19. The van der Waals surface area contributed by atoms with Crippen molar-refractivity contribution in [3.63, 3.8) is 0 Å². The van der Waals surface area contributed by atoms with Crippen LogP contribution in [0.5, 0.6) is 0 Å². The van der Waals surface area contributed by atoms with Gasteiger partial charge in [-0.1, -0.05) is 37.3 Å². The number of hydrogen-bond acceptors (Lipinski definition) is 3. The van der Waals surface area contributed by atoms with E-state index in [4.69, 9.17) is 9.84 Å². The molecule has 1 aliphatic rings. The van der Waals surface area contributed by atoms with Gasteiger partial charge in [-0.05, 0) is 5.56 Å². The van der Waals surface area contributed by atoms with Gasteiger partial charge < -0.3 is 14.9 Å². The van der Waals surface area contributed by atoms with Crippen molar-refractivity contribution in [2.75, 3.05) is 6.61 Å². The lowest BCUT2D eigenvalue weighted by Gasteiger charge is -2.15. The van der Waals surface area contributed by atoms with Crippen LogP contribution in [0.1, 0.15) is 18.6 Å². The van der Waals surface area contributed by atoms with Crippen LogP contribution in [0.3, 0.4) is 0 Å². The molecule has 1 heterocycles. The maximum atomic E-state index is 9.98. The first-order chi connectivity index (χ1) is 7.24. The zero-order valence-electron chi connectivity index (χ0n) is 8.71. The summed E-state index contributed by atoms with van der Waals surface area (Å²) in [7, 11) is 0. The van der Waals surface area contributed by atoms with E-state index in [0.717, 1.165) is 5.56 Å². The van der Waals surface area contributed by atoms with Crippen molar-refractivity contribution in [1.29, 1.82) is 0 Å². The number of aliphatic hydroxyl groups excluding tert-OH is 2. The molecule has 3 heteroatoms. The van der Waals surface area contributed by atoms with Crippen molar-refractivity contribution in [1.82, 2.24) is 0 Å². The van der Waals surface area contributed by atoms with Crippen molar-refractivity contribution >= 4 is 0 Å². The zero-order chi connectivity index (χ0) is 10.8. The standard InChI is InChI=1S/C12H16O3/c1-8-10(7-13)15-12(11(8)14)9-5-3-2-4-6-9/h2-6,8,10-14H,7H2,1H3/t8-,10-,11+,12+/m1/s1. The Morgan fingerprint density at radius 1 is 1.27 bits per heavy atom. The van der Waals surface area contributed by atoms with E-state index in [1.54, 1.807) is 0 Å². The van der Waals surface area contributed by atoms with Gasteiger partial charge in [0.15, 0.2) is 0 Å². The highest BCUT2D eigenvalue weighted by Gasteiger charge is 2.40. The first kappa shape index (κ1) is 10.6. The maximum absolute atomic E-state index is 9.98. The summed E-state index contributed by atoms with van der Waals surface area (Å²) in [5.41, 5.74) is 0.966. The van der Waals surface area contributed by atoms with E-state index >= 15 is 0 Å². The molecule has 0 unspecified atom stereocenters. The molecule has 3 nitrogen and oxygen atoms in total. The summed E-state index contributed by atoms with van der Waals surface area (Å²) in [5, 5.41) is 19.1. The lowest BCUT2D eigenvalue weighted by Crippen LogP contribution is -2.23. The molecule has 1 aromatic rings. The second-order valence-electron chi connectivity index (χ2n) is 4.04. The summed E-state index contributed by atoms with van der Waals surface area (Å²) >= 11 is 0. The van der Waals surface area contributed by atoms with E-state index in [2.05, 4.69) is 0 Å². The molecule has 1 saturated heterocycles. The van der Waals surface area contributed by atoms with Gasteiger partial charge in [-0.25, -0.2) is 0 Å². The highest BCUT2D eigenvalue weighted by molar-refractivity contribution is 5.20. The van der Waals surface area contributed by atoms with Gasteiger partial charge in [0.05, 0.1) is 18.8 Å². The minimum atomic E-state index is -0.537. The van der Waals surface area contributed by atoms with Crippen LogP contribution in [-0.2, 0) is 4.74 Å². The fourth-order valence-electron chi connectivity index (χ4n) is 2.02. The lowest BCUT2D eigenvalue weighted by molar-refractivity contribution is -0.0124. The molecule has 1 aliphatic heterocycles. The third kappa shape index (κ3) is 1.91. The molecule has 1 aromatic carbocycles. The van der Waals surface area contributed by atoms with E-state index in [-0.39, 0.29) is 24.7 Å². The molecule has 0 bridgehead atoms. The van der Waals surface area contributed by atoms with Crippen LogP contribution in [0.15, 0.2) is 30.3 Å². The van der Waals surface area contributed by atoms with Crippen LogP contribution in [-0.4, -0.2) is 29.0 Å². The highest BCUT2D eigenvalue weighted by atomic mass is 16.5. The molecule has 0 aliphatic carbocycles. The molecule has 4 atom stereocenters. The molecule has 1 fully saturated rings. The highest BCUT2D eigenvalue weighted by Crippen LogP contribution is 2.36. The van der Waals surface area contributed by atoms with Crippen LogP contribution in [0, 0.1) is 5.92 Å². The van der Waals surface area contributed by atoms with Crippen molar-refractivity contribution in [3.8, 4) is 0 Å². The predicted molar refractivity (Wildman–Crippen MR) is 56.3 cm³/mol. The summed E-state index contributed by atoms with van der Waals surface area (Å²) < 4.78 is 5.62. The van der Waals surface area contributed by atoms with Crippen LogP contribution in [0.2, 0.25) is 0 Å². The Hall–Kier alpha value is -0.900. The van der Waals surface area contributed by atoms with Crippen LogP contribution >= 0.6 is 0 Å². The Morgan fingerprint density at radius 2 is 1.93 bits per heavy atom. The second kappa shape index (κ2) is 4.31. The molecule has 0 radical (unpaired) electrons. The SMILES string of the molecule is C[C@H]1[C@H](O)[C@H](c2ccccc2)O[C@@H]1CO. The normalized spacial score (nSPS) is 35.7. The Bertz CT molecular complexity index is 312. The summed E-state index contributed by atoms with van der Waals surface area (Å²) in [6, 6.07) is 9.63. The van der Waals surface area contributed by atoms with E-state index in [9.17, 15) is 5.11 Å². The molecule has 15 heavy (non-hydrogen) atoms. The quantitative estimate of drug-likeness (QED) is 0.765. The molecule has 0 saturated carbocycles. The first-order valence-electron chi connectivity index (χ1n) is 5.23. The topological polar surface area (TPSA) is 49.7 Å². The fourth-order valence-corrected chi connectivity index (χ4v) is 2.02. The molecular weight excluding hydrogens is 192 g/mol. The van der Waals surface area contributed by atoms with E-state index in [1.807, 2.05) is 37.3 Å². The average Bonchev–Trinajstić information content (AvgIpc) is 2.57. The fraction of sp³-hybridized carbons (Fsp3) is 0.500. The van der Waals surface area contributed by atoms with Crippen molar-refractivity contribution < 1.29 is 14.9 Å². The summed E-state index contributed by atoms with van der Waals surface area (Å²) in [6.07, 6.45) is -1.10. The van der Waals surface area contributed by atoms with Gasteiger partial charge in [-0.2, -0.15) is 0 Å². The van der Waals surface area contributed by atoms with Crippen LogP contribution in [0.25, 0.3) is 0 Å². The minimum absolute atomic E-state index is 0.0276. The third-order valence-electron chi connectivity index (χ3n) is 3.06. The van der Waals surface area contributed by atoms with Crippen molar-refractivity contribution in [2.45, 2.75) is 25.2 Å². The van der Waals surface area contributed by atoms with E-state index in [0.29, 0.717) is 0 Å². The third-order valence-corrected chi connectivity index (χ3v) is 3.06. The Labute approximate surface area is 89.3 Å². The Morgan fingerprint density at radius 3 is 2.47 bits per heavy atom.